The van der Waals surface area contributed by atoms with Gasteiger partial charge in [-0.25, -0.2) is 9.07 Å². The molecule has 1 aliphatic heterocycles. The number of hydrogen-bond acceptors (Lipinski definition) is 7. The van der Waals surface area contributed by atoms with Gasteiger partial charge in [0.05, 0.1) is 21.3 Å². The van der Waals surface area contributed by atoms with Crippen molar-refractivity contribution in [2.75, 3.05) is 39.7 Å². The van der Waals surface area contributed by atoms with Crippen molar-refractivity contribution < 1.29 is 23.4 Å². The maximum atomic E-state index is 13.3. The van der Waals surface area contributed by atoms with E-state index < -0.39 is 5.91 Å². The molecule has 2 heterocycles. The van der Waals surface area contributed by atoms with Gasteiger partial charge in [0.15, 0.2) is 17.2 Å². The van der Waals surface area contributed by atoms with Gasteiger partial charge in [-0.05, 0) is 68.2 Å². The molecule has 0 unspecified atom stereocenters. The fraction of sp³-hybridized carbons (Fsp3) is 0.375. The number of hydrogen-bond donors (Lipinski definition) is 2. The number of ether oxygens (including phenoxy) is 3. The predicted octanol–water partition coefficient (Wildman–Crippen LogP) is 3.36. The van der Waals surface area contributed by atoms with Crippen LogP contribution in [-0.2, 0) is 6.54 Å². The first kappa shape index (κ1) is 23.5. The Morgan fingerprint density at radius 3 is 2.32 bits per heavy atom. The minimum Gasteiger partial charge on any atom is -0.493 e. The first-order valence-corrected chi connectivity index (χ1v) is 11.1. The Labute approximate surface area is 197 Å². The predicted molar refractivity (Wildman–Crippen MR) is 125 cm³/mol. The molecule has 0 spiro atoms. The van der Waals surface area contributed by atoms with Gasteiger partial charge in [-0.1, -0.05) is 5.21 Å². The van der Waals surface area contributed by atoms with Gasteiger partial charge in [-0.2, -0.15) is 0 Å². The quantitative estimate of drug-likeness (QED) is 0.522. The number of carbonyl (C=O) groups is 1. The molecule has 2 aromatic carbocycles. The number of methoxy groups -OCH3 is 3. The maximum Gasteiger partial charge on any atom is 0.278 e. The molecule has 3 aromatic rings. The van der Waals surface area contributed by atoms with Crippen LogP contribution in [0.2, 0.25) is 0 Å². The van der Waals surface area contributed by atoms with E-state index in [9.17, 15) is 9.18 Å². The van der Waals surface area contributed by atoms with Gasteiger partial charge in [0, 0.05) is 17.8 Å². The minimum atomic E-state index is -0.452. The van der Waals surface area contributed by atoms with Crippen LogP contribution >= 0.6 is 0 Å². The van der Waals surface area contributed by atoms with Crippen molar-refractivity contribution in [2.45, 2.75) is 19.4 Å². The van der Waals surface area contributed by atoms with Crippen LogP contribution in [0, 0.1) is 11.7 Å². The third kappa shape index (κ3) is 4.96. The lowest BCUT2D eigenvalue weighted by molar-refractivity contribution is 0.102. The Balaban J connectivity index is 1.77. The third-order valence-corrected chi connectivity index (χ3v) is 5.88. The normalized spacial score (nSPS) is 14.0. The van der Waals surface area contributed by atoms with E-state index in [4.69, 9.17) is 14.2 Å². The molecule has 0 aliphatic carbocycles. The lowest BCUT2D eigenvalue weighted by Gasteiger charge is -2.23. The summed E-state index contributed by atoms with van der Waals surface area (Å²) in [6.07, 6.45) is 2.01. The standard InChI is InChI=1S/C24H28FN5O4/c1-32-19-12-16(13-20(33-2)23(19)34-3)22-21(24(31)27-18-6-4-17(25)5-7-18)28-29-30(22)14-15-8-10-26-11-9-15/h4-7,12-13,15,26H,8-11,14H2,1-3H3,(H,27,31). The van der Waals surface area contributed by atoms with Crippen LogP contribution in [-0.4, -0.2) is 55.3 Å². The second kappa shape index (κ2) is 10.5. The van der Waals surface area contributed by atoms with Crippen LogP contribution in [0.15, 0.2) is 36.4 Å². The number of aromatic nitrogens is 3. The summed E-state index contributed by atoms with van der Waals surface area (Å²) in [6, 6.07) is 9.09. The van der Waals surface area contributed by atoms with E-state index in [1.165, 1.54) is 45.6 Å². The summed E-state index contributed by atoms with van der Waals surface area (Å²) in [4.78, 5) is 13.2. The molecule has 2 N–H and O–H groups in total. The van der Waals surface area contributed by atoms with Gasteiger partial charge in [0.2, 0.25) is 5.75 Å². The molecule has 0 saturated carbocycles. The Kier molecular flexibility index (Phi) is 7.27. The Morgan fingerprint density at radius 2 is 1.74 bits per heavy atom. The first-order chi connectivity index (χ1) is 16.5. The van der Waals surface area contributed by atoms with Gasteiger partial charge >= 0.3 is 0 Å². The zero-order chi connectivity index (χ0) is 24.1. The van der Waals surface area contributed by atoms with E-state index >= 15 is 0 Å². The number of piperidine rings is 1. The van der Waals surface area contributed by atoms with Crippen LogP contribution in [0.1, 0.15) is 23.3 Å². The van der Waals surface area contributed by atoms with Crippen molar-refractivity contribution in [1.82, 2.24) is 20.3 Å². The number of amides is 1. The summed E-state index contributed by atoms with van der Waals surface area (Å²) >= 11 is 0. The third-order valence-electron chi connectivity index (χ3n) is 5.88. The van der Waals surface area contributed by atoms with E-state index in [1.807, 2.05) is 0 Å². The summed E-state index contributed by atoms with van der Waals surface area (Å²) in [5.74, 6) is 0.920. The molecule has 1 aromatic heterocycles. The Hall–Kier alpha value is -3.66. The number of nitrogens with zero attached hydrogens (tertiary/aromatic N) is 3. The molecule has 0 radical (unpaired) electrons. The first-order valence-electron chi connectivity index (χ1n) is 11.1. The van der Waals surface area contributed by atoms with Crippen LogP contribution in [0.3, 0.4) is 0 Å². The molecule has 1 saturated heterocycles. The molecule has 9 nitrogen and oxygen atoms in total. The summed E-state index contributed by atoms with van der Waals surface area (Å²) in [5, 5.41) is 14.7. The largest absolute Gasteiger partial charge is 0.493 e. The monoisotopic (exact) mass is 469 g/mol. The molecule has 4 rings (SSSR count). The number of nitrogens with one attached hydrogen (secondary N) is 2. The summed E-state index contributed by atoms with van der Waals surface area (Å²) in [7, 11) is 4.60. The maximum absolute atomic E-state index is 13.3. The smallest absolute Gasteiger partial charge is 0.278 e. The number of rotatable bonds is 8. The zero-order valence-corrected chi connectivity index (χ0v) is 19.4. The van der Waals surface area contributed by atoms with Gasteiger partial charge < -0.3 is 24.8 Å². The molecule has 0 atom stereocenters. The van der Waals surface area contributed by atoms with Gasteiger partial charge in [-0.3, -0.25) is 4.79 Å². The molecule has 34 heavy (non-hydrogen) atoms. The van der Waals surface area contributed by atoms with Crippen molar-refractivity contribution in [2.24, 2.45) is 5.92 Å². The van der Waals surface area contributed by atoms with Crippen molar-refractivity contribution >= 4 is 11.6 Å². The van der Waals surface area contributed by atoms with Crippen molar-refractivity contribution in [3.63, 3.8) is 0 Å². The lowest BCUT2D eigenvalue weighted by atomic mass is 9.98. The van der Waals surface area contributed by atoms with Gasteiger partial charge in [-0.15, -0.1) is 5.10 Å². The fourth-order valence-electron chi connectivity index (χ4n) is 4.13. The van der Waals surface area contributed by atoms with E-state index in [-0.39, 0.29) is 11.5 Å². The highest BCUT2D eigenvalue weighted by Gasteiger charge is 2.26. The second-order valence-electron chi connectivity index (χ2n) is 8.04. The number of anilines is 1. The van der Waals surface area contributed by atoms with Crippen molar-refractivity contribution in [3.8, 4) is 28.5 Å². The van der Waals surface area contributed by atoms with Crippen molar-refractivity contribution in [3.05, 3.63) is 47.9 Å². The second-order valence-corrected chi connectivity index (χ2v) is 8.04. The van der Waals surface area contributed by atoms with E-state index in [1.54, 1.807) is 16.8 Å². The molecular weight excluding hydrogens is 441 g/mol. The molecule has 1 fully saturated rings. The number of benzene rings is 2. The van der Waals surface area contributed by atoms with Crippen LogP contribution in [0.4, 0.5) is 10.1 Å². The fourth-order valence-corrected chi connectivity index (χ4v) is 4.13. The van der Waals surface area contributed by atoms with E-state index in [0.717, 1.165) is 25.9 Å². The van der Waals surface area contributed by atoms with Gasteiger partial charge in [0.25, 0.3) is 5.91 Å². The van der Waals surface area contributed by atoms with Gasteiger partial charge in [0.1, 0.15) is 11.5 Å². The molecule has 180 valence electrons. The average Bonchev–Trinajstić information content (AvgIpc) is 3.28. The Morgan fingerprint density at radius 1 is 1.09 bits per heavy atom. The number of halogens is 1. The van der Waals surface area contributed by atoms with E-state index in [0.29, 0.717) is 46.7 Å². The van der Waals surface area contributed by atoms with Crippen LogP contribution < -0.4 is 24.8 Å². The molecular formula is C24H28FN5O4. The number of carbonyl (C=O) groups excluding carboxylic acids is 1. The highest BCUT2D eigenvalue weighted by molar-refractivity contribution is 6.06. The summed E-state index contributed by atoms with van der Waals surface area (Å²) in [6.45, 7) is 2.50. The van der Waals surface area contributed by atoms with Crippen LogP contribution in [0.25, 0.3) is 11.3 Å². The zero-order valence-electron chi connectivity index (χ0n) is 19.4. The Bertz CT molecular complexity index is 1120. The topological polar surface area (TPSA) is 99.5 Å². The molecule has 10 heteroatoms. The lowest BCUT2D eigenvalue weighted by Crippen LogP contribution is -2.30. The highest BCUT2D eigenvalue weighted by Crippen LogP contribution is 2.42. The van der Waals surface area contributed by atoms with Crippen molar-refractivity contribution in [1.29, 1.82) is 0 Å². The average molecular weight is 470 g/mol. The SMILES string of the molecule is COc1cc(-c2c(C(=O)Nc3ccc(F)cc3)nnn2CC2CCNCC2)cc(OC)c1OC. The van der Waals surface area contributed by atoms with Crippen LogP contribution in [0.5, 0.6) is 17.2 Å². The van der Waals surface area contributed by atoms with E-state index in [2.05, 4.69) is 20.9 Å². The molecule has 0 bridgehead atoms. The molecule has 1 amide bonds. The summed E-state index contributed by atoms with van der Waals surface area (Å²) in [5.41, 5.74) is 1.79. The summed E-state index contributed by atoms with van der Waals surface area (Å²) < 4.78 is 31.5. The molecule has 1 aliphatic rings. The minimum absolute atomic E-state index is 0.146. The highest BCUT2D eigenvalue weighted by atomic mass is 19.1.